The smallest absolute Gasteiger partial charge is 0.311 e. The van der Waals surface area contributed by atoms with Gasteiger partial charge in [-0.3, -0.25) is 14.4 Å². The van der Waals surface area contributed by atoms with E-state index in [2.05, 4.69) is 0 Å². The molecule has 0 radical (unpaired) electrons. The van der Waals surface area contributed by atoms with Gasteiger partial charge in [-0.15, -0.1) is 0 Å². The van der Waals surface area contributed by atoms with Crippen LogP contribution in [0.5, 0.6) is 0 Å². The fourth-order valence-corrected chi connectivity index (χ4v) is 3.46. The van der Waals surface area contributed by atoms with Crippen LogP contribution in [0.4, 0.5) is 8.78 Å². The Morgan fingerprint density at radius 1 is 1.21 bits per heavy atom. The first-order chi connectivity index (χ1) is 13.3. The largest absolute Gasteiger partial charge is 0.481 e. The summed E-state index contributed by atoms with van der Waals surface area (Å²) in [4.78, 5) is 37.8. The van der Waals surface area contributed by atoms with E-state index >= 15 is 0 Å². The molecule has 8 heteroatoms. The van der Waals surface area contributed by atoms with Crippen LogP contribution >= 0.6 is 0 Å². The number of amides is 1. The van der Waals surface area contributed by atoms with Crippen LogP contribution < -0.4 is 0 Å². The number of Topliss-reactive ketones (excluding diaryl/α,β-unsaturated/α-hetero) is 1. The lowest BCUT2D eigenvalue weighted by Gasteiger charge is -2.31. The van der Waals surface area contributed by atoms with Crippen LogP contribution in [0.3, 0.4) is 0 Å². The summed E-state index contributed by atoms with van der Waals surface area (Å²) in [6, 6.07) is 2.77. The second-order valence-corrected chi connectivity index (χ2v) is 6.84. The molecule has 28 heavy (non-hydrogen) atoms. The topological polar surface area (TPSA) is 87.8 Å². The van der Waals surface area contributed by atoms with E-state index in [1.54, 1.807) is 6.92 Å². The summed E-state index contributed by atoms with van der Waals surface area (Å²) < 4.78 is 32.4. The van der Waals surface area contributed by atoms with E-state index in [9.17, 15) is 23.2 Å². The number of nitrogens with zero attached hydrogens (tertiary/aromatic N) is 1. The molecule has 0 atom stereocenters. The molecule has 1 fully saturated rings. The third-order valence-electron chi connectivity index (χ3n) is 4.92. The Morgan fingerprint density at radius 3 is 2.54 bits per heavy atom. The average Bonchev–Trinajstić information content (AvgIpc) is 3.02. The minimum absolute atomic E-state index is 0.0926. The zero-order valence-corrected chi connectivity index (χ0v) is 15.2. The number of halogens is 2. The van der Waals surface area contributed by atoms with Gasteiger partial charge in [0.05, 0.1) is 17.4 Å². The van der Waals surface area contributed by atoms with Crippen molar-refractivity contribution >= 4 is 17.7 Å². The van der Waals surface area contributed by atoms with Crippen molar-refractivity contribution in [2.75, 3.05) is 13.1 Å². The Kier molecular flexibility index (Phi) is 5.58. The number of piperidine rings is 1. The van der Waals surface area contributed by atoms with Crippen LogP contribution in [0.25, 0.3) is 0 Å². The standard InChI is InChI=1S/C20H19F2NO5/c1-11-10-28-16(9-17(24)25)18(11)20(27)23-6-4-12(5-7-23)19(26)14-8-13(21)2-3-15(14)22/h2-3,8,10,12H,4-7,9H2,1H3,(H,24,25). The molecule has 6 nitrogen and oxygen atoms in total. The van der Waals surface area contributed by atoms with Crippen molar-refractivity contribution in [3.05, 3.63) is 58.5 Å². The Balaban J connectivity index is 1.70. The van der Waals surface area contributed by atoms with Crippen molar-refractivity contribution in [2.24, 2.45) is 5.92 Å². The number of carbonyl (C=O) groups excluding carboxylic acids is 2. The molecule has 1 aromatic heterocycles. The number of furan rings is 1. The van der Waals surface area contributed by atoms with Crippen LogP contribution in [-0.4, -0.2) is 40.8 Å². The number of carbonyl (C=O) groups is 3. The van der Waals surface area contributed by atoms with Crippen molar-refractivity contribution in [1.82, 2.24) is 4.90 Å². The summed E-state index contributed by atoms with van der Waals surface area (Å²) in [7, 11) is 0. The van der Waals surface area contributed by atoms with Gasteiger partial charge in [0.15, 0.2) is 5.78 Å². The highest BCUT2D eigenvalue weighted by molar-refractivity contribution is 5.99. The second kappa shape index (κ2) is 7.92. The fraction of sp³-hybridized carbons (Fsp3) is 0.350. The summed E-state index contributed by atoms with van der Waals surface area (Å²) in [5.74, 6) is -3.80. The molecular formula is C20H19F2NO5. The highest BCUT2D eigenvalue weighted by Gasteiger charge is 2.32. The highest BCUT2D eigenvalue weighted by atomic mass is 19.1. The van der Waals surface area contributed by atoms with E-state index in [4.69, 9.17) is 9.52 Å². The van der Waals surface area contributed by atoms with Gasteiger partial charge in [-0.05, 0) is 38.0 Å². The van der Waals surface area contributed by atoms with Crippen molar-refractivity contribution in [3.8, 4) is 0 Å². The molecule has 0 aliphatic carbocycles. The molecular weight excluding hydrogens is 372 g/mol. The SMILES string of the molecule is Cc1coc(CC(=O)O)c1C(=O)N1CCC(C(=O)c2cc(F)ccc2F)CC1. The maximum Gasteiger partial charge on any atom is 0.311 e. The molecule has 3 rings (SSSR count). The number of benzene rings is 1. The van der Waals surface area contributed by atoms with Gasteiger partial charge in [0.2, 0.25) is 0 Å². The maximum atomic E-state index is 13.8. The van der Waals surface area contributed by atoms with E-state index in [1.807, 2.05) is 0 Å². The van der Waals surface area contributed by atoms with Crippen molar-refractivity contribution in [2.45, 2.75) is 26.2 Å². The Morgan fingerprint density at radius 2 is 1.89 bits per heavy atom. The number of carboxylic acid groups (broad SMARTS) is 1. The number of hydrogen-bond donors (Lipinski definition) is 1. The number of aliphatic carboxylic acids is 1. The minimum atomic E-state index is -1.11. The summed E-state index contributed by atoms with van der Waals surface area (Å²) in [6.07, 6.45) is 1.56. The Bertz CT molecular complexity index is 929. The van der Waals surface area contributed by atoms with Crippen LogP contribution in [0.15, 0.2) is 28.9 Å². The lowest BCUT2D eigenvalue weighted by molar-refractivity contribution is -0.136. The molecule has 2 aromatic rings. The van der Waals surface area contributed by atoms with Crippen LogP contribution in [0.1, 0.15) is 44.9 Å². The highest BCUT2D eigenvalue weighted by Crippen LogP contribution is 2.26. The molecule has 0 bridgehead atoms. The molecule has 148 valence electrons. The second-order valence-electron chi connectivity index (χ2n) is 6.84. The Hall–Kier alpha value is -3.03. The van der Waals surface area contributed by atoms with Gasteiger partial charge in [0.25, 0.3) is 5.91 Å². The van der Waals surface area contributed by atoms with Gasteiger partial charge in [-0.1, -0.05) is 0 Å². The molecule has 0 spiro atoms. The predicted molar refractivity (Wildman–Crippen MR) is 94.1 cm³/mol. The molecule has 1 amide bonds. The molecule has 0 unspecified atom stereocenters. The van der Waals surface area contributed by atoms with E-state index in [0.29, 0.717) is 18.4 Å². The first-order valence-corrected chi connectivity index (χ1v) is 8.85. The van der Waals surface area contributed by atoms with Gasteiger partial charge in [0, 0.05) is 24.6 Å². The molecule has 2 heterocycles. The van der Waals surface area contributed by atoms with Crippen molar-refractivity contribution in [3.63, 3.8) is 0 Å². The van der Waals surface area contributed by atoms with Gasteiger partial charge < -0.3 is 14.4 Å². The van der Waals surface area contributed by atoms with Crippen molar-refractivity contribution < 1.29 is 32.7 Å². The summed E-state index contributed by atoms with van der Waals surface area (Å²) >= 11 is 0. The minimum Gasteiger partial charge on any atom is -0.481 e. The number of hydrogen-bond acceptors (Lipinski definition) is 4. The summed E-state index contributed by atoms with van der Waals surface area (Å²) in [6.45, 7) is 2.16. The van der Waals surface area contributed by atoms with Gasteiger partial charge in [0.1, 0.15) is 23.8 Å². The zero-order chi connectivity index (χ0) is 20.4. The Labute approximate surface area is 159 Å². The lowest BCUT2D eigenvalue weighted by Crippen LogP contribution is -2.40. The van der Waals surface area contributed by atoms with E-state index in [0.717, 1.165) is 18.2 Å². The third kappa shape index (κ3) is 3.95. The van der Waals surface area contributed by atoms with Crippen LogP contribution in [0, 0.1) is 24.5 Å². The maximum absolute atomic E-state index is 13.8. The van der Waals surface area contributed by atoms with E-state index < -0.39 is 35.7 Å². The van der Waals surface area contributed by atoms with Crippen LogP contribution in [-0.2, 0) is 11.2 Å². The van der Waals surface area contributed by atoms with E-state index in [-0.39, 0.29) is 35.9 Å². The number of aryl methyl sites for hydroxylation is 1. The number of ketones is 1. The normalized spacial score (nSPS) is 14.9. The summed E-state index contributed by atoms with van der Waals surface area (Å²) in [5.41, 5.74) is 0.490. The molecule has 1 N–H and O–H groups in total. The van der Waals surface area contributed by atoms with Gasteiger partial charge in [-0.2, -0.15) is 0 Å². The van der Waals surface area contributed by atoms with Crippen LogP contribution in [0.2, 0.25) is 0 Å². The number of carboxylic acids is 1. The van der Waals surface area contributed by atoms with Gasteiger partial charge >= 0.3 is 5.97 Å². The predicted octanol–water partition coefficient (Wildman–Crippen LogP) is 3.23. The zero-order valence-electron chi connectivity index (χ0n) is 15.2. The van der Waals surface area contributed by atoms with Crippen molar-refractivity contribution in [1.29, 1.82) is 0 Å². The quantitative estimate of drug-likeness (QED) is 0.791. The monoisotopic (exact) mass is 391 g/mol. The first-order valence-electron chi connectivity index (χ1n) is 8.85. The third-order valence-corrected chi connectivity index (χ3v) is 4.92. The fourth-order valence-electron chi connectivity index (χ4n) is 3.46. The summed E-state index contributed by atoms with van der Waals surface area (Å²) in [5, 5.41) is 8.96. The molecule has 1 aliphatic heterocycles. The first kappa shape index (κ1) is 19.7. The van der Waals surface area contributed by atoms with E-state index in [1.165, 1.54) is 11.2 Å². The molecule has 1 saturated heterocycles. The van der Waals surface area contributed by atoms with Gasteiger partial charge in [-0.25, -0.2) is 8.78 Å². The molecule has 0 saturated carbocycles. The average molecular weight is 391 g/mol. The number of rotatable bonds is 5. The lowest BCUT2D eigenvalue weighted by atomic mass is 9.88. The molecule has 1 aliphatic rings. The number of likely N-dealkylation sites (tertiary alicyclic amines) is 1. The molecule has 1 aromatic carbocycles.